The Kier molecular flexibility index (Phi) is 5.58. The van der Waals surface area contributed by atoms with E-state index in [1.54, 1.807) is 0 Å². The monoisotopic (exact) mass is 241 g/mol. The Morgan fingerprint density at radius 1 is 1.35 bits per heavy atom. The normalized spacial score (nSPS) is 14.8. The van der Waals surface area contributed by atoms with Gasteiger partial charge in [-0.15, -0.1) is 0 Å². The molecule has 17 heavy (non-hydrogen) atoms. The highest BCUT2D eigenvalue weighted by Gasteiger charge is 2.30. The number of nitrogens with two attached hydrogens (primary N) is 1. The van der Waals surface area contributed by atoms with Crippen LogP contribution in [0.1, 0.15) is 51.7 Å². The van der Waals surface area contributed by atoms with Crippen molar-refractivity contribution in [1.29, 1.82) is 0 Å². The van der Waals surface area contributed by atoms with E-state index in [0.717, 1.165) is 25.7 Å². The zero-order valence-corrected chi connectivity index (χ0v) is 11.0. The Balaban J connectivity index is 2.65. The molecule has 5 heteroatoms. The van der Waals surface area contributed by atoms with Crippen molar-refractivity contribution in [2.45, 2.75) is 52.1 Å². The second-order valence-electron chi connectivity index (χ2n) is 4.27. The molecule has 1 unspecified atom stereocenters. The maximum Gasteiger partial charge on any atom is 0.226 e. The molecule has 1 aromatic rings. The van der Waals surface area contributed by atoms with Crippen molar-refractivity contribution in [3.8, 4) is 0 Å². The molecule has 0 amide bonds. The lowest BCUT2D eigenvalue weighted by molar-refractivity contribution is -0.0403. The molecule has 0 aliphatic heterocycles. The SMILES string of the molecule is CCOC(C)(CC)c1noc(CCCCN)n1. The Bertz CT molecular complexity index is 327. The van der Waals surface area contributed by atoms with Crippen LogP contribution in [0.15, 0.2) is 4.52 Å². The molecule has 1 rings (SSSR count). The zero-order chi connectivity index (χ0) is 12.7. The van der Waals surface area contributed by atoms with Gasteiger partial charge in [0.1, 0.15) is 5.60 Å². The molecular weight excluding hydrogens is 218 g/mol. The minimum Gasteiger partial charge on any atom is -0.367 e. The predicted molar refractivity (Wildman–Crippen MR) is 65.6 cm³/mol. The molecule has 0 radical (unpaired) electrons. The Morgan fingerprint density at radius 3 is 2.71 bits per heavy atom. The van der Waals surface area contributed by atoms with Crippen LogP contribution < -0.4 is 5.73 Å². The van der Waals surface area contributed by atoms with E-state index >= 15 is 0 Å². The van der Waals surface area contributed by atoms with Gasteiger partial charge >= 0.3 is 0 Å². The first kappa shape index (κ1) is 14.1. The largest absolute Gasteiger partial charge is 0.367 e. The molecule has 0 spiro atoms. The summed E-state index contributed by atoms with van der Waals surface area (Å²) in [6.07, 6.45) is 3.57. The lowest BCUT2D eigenvalue weighted by Gasteiger charge is -2.23. The number of nitrogens with zero attached hydrogens (tertiary/aromatic N) is 2. The van der Waals surface area contributed by atoms with Crippen LogP contribution in [-0.4, -0.2) is 23.3 Å². The van der Waals surface area contributed by atoms with Gasteiger partial charge in [0.2, 0.25) is 11.7 Å². The summed E-state index contributed by atoms with van der Waals surface area (Å²) in [7, 11) is 0. The smallest absolute Gasteiger partial charge is 0.226 e. The van der Waals surface area contributed by atoms with E-state index in [-0.39, 0.29) is 0 Å². The van der Waals surface area contributed by atoms with Crippen molar-refractivity contribution in [2.24, 2.45) is 5.73 Å². The zero-order valence-electron chi connectivity index (χ0n) is 11.0. The molecule has 0 aromatic carbocycles. The minimum atomic E-state index is -0.440. The number of ether oxygens (including phenoxy) is 1. The van der Waals surface area contributed by atoms with Gasteiger partial charge in [-0.25, -0.2) is 0 Å². The average Bonchev–Trinajstić information content (AvgIpc) is 2.79. The summed E-state index contributed by atoms with van der Waals surface area (Å²) in [5, 5.41) is 4.01. The summed E-state index contributed by atoms with van der Waals surface area (Å²) >= 11 is 0. The van der Waals surface area contributed by atoms with Crippen molar-refractivity contribution in [3.63, 3.8) is 0 Å². The third-order valence-electron chi connectivity index (χ3n) is 2.92. The van der Waals surface area contributed by atoms with Crippen LogP contribution in [0, 0.1) is 0 Å². The Labute approximate surface area is 103 Å². The number of rotatable bonds is 8. The highest BCUT2D eigenvalue weighted by atomic mass is 16.5. The number of aryl methyl sites for hydroxylation is 1. The van der Waals surface area contributed by atoms with Gasteiger partial charge in [0.15, 0.2) is 0 Å². The van der Waals surface area contributed by atoms with Crippen molar-refractivity contribution >= 4 is 0 Å². The quantitative estimate of drug-likeness (QED) is 0.705. The van der Waals surface area contributed by atoms with Crippen LogP contribution in [0.25, 0.3) is 0 Å². The van der Waals surface area contributed by atoms with Gasteiger partial charge in [0.25, 0.3) is 0 Å². The van der Waals surface area contributed by atoms with E-state index in [2.05, 4.69) is 17.1 Å². The van der Waals surface area contributed by atoms with Crippen LogP contribution in [0.4, 0.5) is 0 Å². The van der Waals surface area contributed by atoms with Crippen LogP contribution in [0.3, 0.4) is 0 Å². The van der Waals surface area contributed by atoms with Gasteiger partial charge in [-0.1, -0.05) is 12.1 Å². The summed E-state index contributed by atoms with van der Waals surface area (Å²) in [4.78, 5) is 4.40. The van der Waals surface area contributed by atoms with Gasteiger partial charge in [0, 0.05) is 13.0 Å². The molecule has 5 nitrogen and oxygen atoms in total. The van der Waals surface area contributed by atoms with Crippen molar-refractivity contribution in [2.75, 3.05) is 13.2 Å². The van der Waals surface area contributed by atoms with E-state index in [1.807, 2.05) is 13.8 Å². The molecule has 0 saturated carbocycles. The van der Waals surface area contributed by atoms with Crippen molar-refractivity contribution < 1.29 is 9.26 Å². The molecule has 2 N–H and O–H groups in total. The summed E-state index contributed by atoms with van der Waals surface area (Å²) in [5.74, 6) is 1.32. The molecule has 0 aliphatic rings. The lowest BCUT2D eigenvalue weighted by Crippen LogP contribution is -2.26. The average molecular weight is 241 g/mol. The third kappa shape index (κ3) is 3.78. The maximum absolute atomic E-state index is 5.70. The lowest BCUT2D eigenvalue weighted by atomic mass is 10.0. The van der Waals surface area contributed by atoms with Crippen LogP contribution >= 0.6 is 0 Å². The van der Waals surface area contributed by atoms with Gasteiger partial charge in [-0.05, 0) is 39.7 Å². The Morgan fingerprint density at radius 2 is 2.12 bits per heavy atom. The third-order valence-corrected chi connectivity index (χ3v) is 2.92. The molecular formula is C12H23N3O2. The molecule has 1 heterocycles. The topological polar surface area (TPSA) is 74.2 Å². The molecule has 0 saturated heterocycles. The summed E-state index contributed by atoms with van der Waals surface area (Å²) < 4.78 is 10.9. The van der Waals surface area contributed by atoms with Gasteiger partial charge < -0.3 is 15.0 Å². The molecule has 0 bridgehead atoms. The van der Waals surface area contributed by atoms with Crippen LogP contribution in [-0.2, 0) is 16.8 Å². The fraction of sp³-hybridized carbons (Fsp3) is 0.833. The first-order valence-corrected chi connectivity index (χ1v) is 6.33. The van der Waals surface area contributed by atoms with E-state index in [9.17, 15) is 0 Å². The predicted octanol–water partition coefficient (Wildman–Crippen LogP) is 2.01. The first-order chi connectivity index (χ1) is 8.16. The number of hydrogen-bond donors (Lipinski definition) is 1. The van der Waals surface area contributed by atoms with E-state index in [0.29, 0.717) is 24.9 Å². The second-order valence-corrected chi connectivity index (χ2v) is 4.27. The van der Waals surface area contributed by atoms with Gasteiger partial charge in [-0.3, -0.25) is 0 Å². The summed E-state index contributed by atoms with van der Waals surface area (Å²) in [6.45, 7) is 7.36. The van der Waals surface area contributed by atoms with E-state index < -0.39 is 5.60 Å². The molecule has 98 valence electrons. The number of hydrogen-bond acceptors (Lipinski definition) is 5. The minimum absolute atomic E-state index is 0.440. The fourth-order valence-electron chi connectivity index (χ4n) is 1.64. The molecule has 0 fully saturated rings. The summed E-state index contributed by atoms with van der Waals surface area (Å²) in [5.41, 5.74) is 5.00. The van der Waals surface area contributed by atoms with E-state index in [4.69, 9.17) is 15.0 Å². The van der Waals surface area contributed by atoms with Crippen molar-refractivity contribution in [1.82, 2.24) is 10.1 Å². The highest BCUT2D eigenvalue weighted by molar-refractivity contribution is 4.99. The highest BCUT2D eigenvalue weighted by Crippen LogP contribution is 2.26. The number of aromatic nitrogens is 2. The summed E-state index contributed by atoms with van der Waals surface area (Å²) in [6, 6.07) is 0. The fourth-order valence-corrected chi connectivity index (χ4v) is 1.64. The van der Waals surface area contributed by atoms with Crippen LogP contribution in [0.5, 0.6) is 0 Å². The maximum atomic E-state index is 5.70. The Hall–Kier alpha value is -0.940. The molecule has 0 aliphatic carbocycles. The molecule has 1 aromatic heterocycles. The van der Waals surface area contributed by atoms with Gasteiger partial charge in [0.05, 0.1) is 0 Å². The van der Waals surface area contributed by atoms with Gasteiger partial charge in [-0.2, -0.15) is 4.98 Å². The first-order valence-electron chi connectivity index (χ1n) is 6.33. The standard InChI is InChI=1S/C12H23N3O2/c1-4-12(3,16-5-2)11-14-10(17-15-11)8-6-7-9-13/h4-9,13H2,1-3H3. The second kappa shape index (κ2) is 6.71. The molecule has 1 atom stereocenters. The number of unbranched alkanes of at least 4 members (excludes halogenated alkanes) is 1. The van der Waals surface area contributed by atoms with Crippen molar-refractivity contribution in [3.05, 3.63) is 11.7 Å². The van der Waals surface area contributed by atoms with E-state index in [1.165, 1.54) is 0 Å². The van der Waals surface area contributed by atoms with Crippen LogP contribution in [0.2, 0.25) is 0 Å².